The number of hydrogen-bond acceptors (Lipinski definition) is 2. The van der Waals surface area contributed by atoms with Gasteiger partial charge in [-0.3, -0.25) is 4.79 Å². The Bertz CT molecular complexity index is 369. The minimum atomic E-state index is 0.128. The number of hydrogen-bond donors (Lipinski definition) is 1. The van der Waals surface area contributed by atoms with Gasteiger partial charge < -0.3 is 10.1 Å². The third kappa shape index (κ3) is 13.3. The minimum absolute atomic E-state index is 0.128. The van der Waals surface area contributed by atoms with Crippen LogP contribution < -0.4 is 5.32 Å². The highest BCUT2D eigenvalue weighted by molar-refractivity contribution is 5.76. The minimum Gasteiger partial charge on any atom is -0.361 e. The van der Waals surface area contributed by atoms with Crippen molar-refractivity contribution in [3.63, 3.8) is 0 Å². The van der Waals surface area contributed by atoms with Gasteiger partial charge in [0.1, 0.15) is 6.10 Å². The molecule has 0 aromatic carbocycles. The van der Waals surface area contributed by atoms with Gasteiger partial charge in [-0.25, -0.2) is 0 Å². The standard InChI is InChI=1S/C24H46NO2/c1-5-22(24-21(4)27-24)25-23(26)19-17-15-13-11-9-7-6-8-10-12-14-16-18-20(2)3/h20-22H,5-19H2,1-4H3,(H,25,26). The van der Waals surface area contributed by atoms with E-state index in [1.54, 1.807) is 0 Å². The molecule has 0 aliphatic carbocycles. The first kappa shape index (κ1) is 24.5. The van der Waals surface area contributed by atoms with Gasteiger partial charge >= 0.3 is 0 Å². The molecule has 0 aromatic heterocycles. The van der Waals surface area contributed by atoms with Gasteiger partial charge in [-0.15, -0.1) is 0 Å². The fourth-order valence-electron chi connectivity index (χ4n) is 3.78. The molecular weight excluding hydrogens is 334 g/mol. The molecule has 1 aliphatic heterocycles. The van der Waals surface area contributed by atoms with Crippen LogP contribution >= 0.6 is 0 Å². The molecule has 3 nitrogen and oxygen atoms in total. The van der Waals surface area contributed by atoms with Crippen LogP contribution in [0.4, 0.5) is 0 Å². The first-order valence-corrected chi connectivity index (χ1v) is 11.9. The molecule has 0 spiro atoms. The highest BCUT2D eigenvalue weighted by atomic mass is 16.6. The predicted octanol–water partition coefficient (Wildman–Crippen LogP) is 6.95. The summed E-state index contributed by atoms with van der Waals surface area (Å²) in [4.78, 5) is 12.0. The zero-order valence-electron chi connectivity index (χ0n) is 18.7. The quantitative estimate of drug-likeness (QED) is 0.206. The van der Waals surface area contributed by atoms with Crippen LogP contribution in [0.2, 0.25) is 0 Å². The zero-order chi connectivity index (χ0) is 19.9. The largest absolute Gasteiger partial charge is 0.361 e. The van der Waals surface area contributed by atoms with Gasteiger partial charge in [-0.2, -0.15) is 0 Å². The first-order valence-electron chi connectivity index (χ1n) is 11.9. The van der Waals surface area contributed by atoms with Crippen LogP contribution in [0, 0.1) is 12.0 Å². The summed E-state index contributed by atoms with van der Waals surface area (Å²) in [5.74, 6) is 1.05. The van der Waals surface area contributed by atoms with E-state index in [1.807, 2.05) is 6.92 Å². The Kier molecular flexibility index (Phi) is 13.9. The van der Waals surface area contributed by atoms with Crippen LogP contribution in [0.3, 0.4) is 0 Å². The average Bonchev–Trinajstić information content (AvgIpc) is 3.36. The molecule has 2 unspecified atom stereocenters. The lowest BCUT2D eigenvalue weighted by Gasteiger charge is -2.14. The summed E-state index contributed by atoms with van der Waals surface area (Å²) >= 11 is 0. The molecule has 0 bridgehead atoms. The molecular formula is C24H46NO2. The number of unbranched alkanes of at least 4 members (excludes halogenated alkanes) is 11. The maximum absolute atomic E-state index is 12.0. The Morgan fingerprint density at radius 3 is 1.74 bits per heavy atom. The van der Waals surface area contributed by atoms with Crippen molar-refractivity contribution >= 4 is 5.91 Å². The summed E-state index contributed by atoms with van der Waals surface area (Å²) in [6.45, 7) is 8.78. The molecule has 3 heteroatoms. The lowest BCUT2D eigenvalue weighted by molar-refractivity contribution is -0.121. The van der Waals surface area contributed by atoms with Crippen molar-refractivity contribution in [2.45, 2.75) is 136 Å². The molecule has 1 rings (SSSR count). The van der Waals surface area contributed by atoms with Crippen LogP contribution in [0.25, 0.3) is 0 Å². The molecule has 2 atom stereocenters. The molecule has 27 heavy (non-hydrogen) atoms. The van der Waals surface area contributed by atoms with Crippen molar-refractivity contribution < 1.29 is 9.53 Å². The Labute approximate surface area is 169 Å². The highest BCUT2D eigenvalue weighted by Gasteiger charge is 2.42. The van der Waals surface area contributed by atoms with Gasteiger partial charge in [0, 0.05) is 6.42 Å². The predicted molar refractivity (Wildman–Crippen MR) is 115 cm³/mol. The Morgan fingerprint density at radius 2 is 1.33 bits per heavy atom. The molecule has 1 heterocycles. The third-order valence-electron chi connectivity index (χ3n) is 5.68. The lowest BCUT2D eigenvalue weighted by Crippen LogP contribution is -2.35. The lowest BCUT2D eigenvalue weighted by atomic mass is 10.0. The summed E-state index contributed by atoms with van der Waals surface area (Å²) in [5.41, 5.74) is 0. The number of carbonyl (C=O) groups excluding carboxylic acids is 1. The summed E-state index contributed by atoms with van der Waals surface area (Å²) < 4.78 is 5.40. The number of amides is 1. The molecule has 1 aliphatic rings. The summed E-state index contributed by atoms with van der Waals surface area (Å²) in [5, 5.41) is 3.11. The van der Waals surface area contributed by atoms with Gasteiger partial charge in [-0.1, -0.05) is 97.8 Å². The monoisotopic (exact) mass is 380 g/mol. The number of rotatable bonds is 18. The van der Waals surface area contributed by atoms with Crippen LogP contribution in [-0.4, -0.2) is 18.1 Å². The molecule has 1 fully saturated rings. The normalized spacial score (nSPS) is 18.0. The number of ether oxygens (including phenoxy) is 1. The summed E-state index contributed by atoms with van der Waals surface area (Å²) in [6.07, 6.45) is 20.4. The van der Waals surface area contributed by atoms with Crippen LogP contribution in [-0.2, 0) is 9.53 Å². The van der Waals surface area contributed by atoms with E-state index in [9.17, 15) is 4.79 Å². The Hall–Kier alpha value is -0.570. The Morgan fingerprint density at radius 1 is 0.889 bits per heavy atom. The second-order valence-electron chi connectivity index (χ2n) is 8.87. The van der Waals surface area contributed by atoms with Crippen LogP contribution in [0.15, 0.2) is 0 Å². The summed E-state index contributed by atoms with van der Waals surface area (Å²) in [6, 6.07) is 0.128. The van der Waals surface area contributed by atoms with Crippen molar-refractivity contribution in [3.05, 3.63) is 6.10 Å². The molecule has 1 saturated heterocycles. The highest BCUT2D eigenvalue weighted by Crippen LogP contribution is 2.34. The first-order chi connectivity index (χ1) is 13.0. The van der Waals surface area contributed by atoms with E-state index >= 15 is 0 Å². The Balaban J connectivity index is 1.79. The van der Waals surface area contributed by atoms with Crippen molar-refractivity contribution in [3.8, 4) is 0 Å². The second-order valence-corrected chi connectivity index (χ2v) is 8.87. The molecule has 1 amide bonds. The molecule has 1 radical (unpaired) electrons. The van der Waals surface area contributed by atoms with Crippen molar-refractivity contribution in [2.24, 2.45) is 5.92 Å². The topological polar surface area (TPSA) is 41.6 Å². The average molecular weight is 381 g/mol. The fraction of sp³-hybridized carbons (Fsp3) is 0.917. The molecule has 1 N–H and O–H groups in total. The van der Waals surface area contributed by atoms with E-state index < -0.39 is 0 Å². The summed E-state index contributed by atoms with van der Waals surface area (Å²) in [7, 11) is 0. The van der Waals surface area contributed by atoms with Crippen molar-refractivity contribution in [1.29, 1.82) is 0 Å². The number of epoxide rings is 1. The van der Waals surface area contributed by atoms with E-state index in [4.69, 9.17) is 4.74 Å². The van der Waals surface area contributed by atoms with Crippen molar-refractivity contribution in [2.75, 3.05) is 0 Å². The van der Waals surface area contributed by atoms with E-state index in [1.165, 1.54) is 77.0 Å². The van der Waals surface area contributed by atoms with Gasteiger partial charge in [0.25, 0.3) is 0 Å². The zero-order valence-corrected chi connectivity index (χ0v) is 18.7. The van der Waals surface area contributed by atoms with Crippen molar-refractivity contribution in [1.82, 2.24) is 5.32 Å². The maximum atomic E-state index is 12.0. The van der Waals surface area contributed by atoms with Gasteiger partial charge in [0.15, 0.2) is 0 Å². The van der Waals surface area contributed by atoms with E-state index in [0.717, 1.165) is 24.9 Å². The molecule has 159 valence electrons. The van der Waals surface area contributed by atoms with E-state index in [0.29, 0.717) is 6.42 Å². The van der Waals surface area contributed by atoms with E-state index in [2.05, 4.69) is 26.1 Å². The SMILES string of the molecule is CCC(NC(=O)CCCCCCCCCCCCCCC(C)C)[C]1OC1C. The van der Waals surface area contributed by atoms with E-state index in [-0.39, 0.29) is 18.1 Å². The smallest absolute Gasteiger partial charge is 0.220 e. The molecule has 0 aromatic rings. The van der Waals surface area contributed by atoms with Crippen LogP contribution in [0.5, 0.6) is 0 Å². The maximum Gasteiger partial charge on any atom is 0.220 e. The second kappa shape index (κ2) is 15.4. The van der Waals surface area contributed by atoms with Gasteiger partial charge in [-0.05, 0) is 25.7 Å². The fourth-order valence-corrected chi connectivity index (χ4v) is 3.78. The number of nitrogens with one attached hydrogen (secondary N) is 1. The van der Waals surface area contributed by atoms with Gasteiger partial charge in [0.05, 0.1) is 12.1 Å². The number of carbonyl (C=O) groups is 1. The third-order valence-corrected chi connectivity index (χ3v) is 5.68. The van der Waals surface area contributed by atoms with Crippen LogP contribution in [0.1, 0.15) is 124 Å². The molecule has 0 saturated carbocycles. The van der Waals surface area contributed by atoms with Gasteiger partial charge in [0.2, 0.25) is 5.91 Å².